The maximum Gasteiger partial charge on any atom is 0.294 e. The molecule has 1 saturated heterocycles. The van der Waals surface area contributed by atoms with Gasteiger partial charge in [0.1, 0.15) is 28.5 Å². The number of rotatable bonds is 8. The first kappa shape index (κ1) is 23.5. The molecular weight excluding hydrogens is 492 g/mol. The maximum absolute atomic E-state index is 6.41. The Morgan fingerprint density at radius 3 is 2.62 bits per heavy atom. The van der Waals surface area contributed by atoms with Gasteiger partial charge in [-0.15, -0.1) is 5.10 Å². The standard InChI is InChI=1S/C27H28N4O5S/c1-32-19-8-6-18(7-9-19)30-10-4-5-17(14-30)16-35-23-11-20(33-2)12-24-21(23)13-25(36-24)22-15-31-26(28-22)37-27(29-31)34-3/h6-9,11-13,15,17H,4-5,10,14,16H2,1-3H3. The summed E-state index contributed by atoms with van der Waals surface area (Å²) in [6.45, 7) is 2.59. The summed E-state index contributed by atoms with van der Waals surface area (Å²) >= 11 is 1.38. The van der Waals surface area contributed by atoms with Gasteiger partial charge in [-0.1, -0.05) is 0 Å². The Labute approximate surface area is 218 Å². The van der Waals surface area contributed by atoms with E-state index in [1.165, 1.54) is 17.0 Å². The molecule has 0 N–H and O–H groups in total. The number of aromatic nitrogens is 3. The Kier molecular flexibility index (Phi) is 6.25. The average molecular weight is 521 g/mol. The zero-order chi connectivity index (χ0) is 25.4. The van der Waals surface area contributed by atoms with E-state index in [1.807, 2.05) is 36.5 Å². The van der Waals surface area contributed by atoms with Crippen molar-refractivity contribution in [2.45, 2.75) is 12.8 Å². The summed E-state index contributed by atoms with van der Waals surface area (Å²) < 4.78 is 30.3. The predicted octanol–water partition coefficient (Wildman–Crippen LogP) is 5.53. The lowest BCUT2D eigenvalue weighted by molar-refractivity contribution is 0.230. The Morgan fingerprint density at radius 2 is 1.86 bits per heavy atom. The molecular formula is C27H28N4O5S. The first-order valence-electron chi connectivity index (χ1n) is 12.2. The molecule has 0 aliphatic carbocycles. The Morgan fingerprint density at radius 1 is 1.03 bits per heavy atom. The molecule has 2 aromatic carbocycles. The number of fused-ring (bicyclic) bond motifs is 2. The van der Waals surface area contributed by atoms with Crippen LogP contribution in [0.2, 0.25) is 0 Å². The molecule has 3 aromatic heterocycles. The predicted molar refractivity (Wildman–Crippen MR) is 143 cm³/mol. The lowest BCUT2D eigenvalue weighted by atomic mass is 9.98. The molecule has 1 aliphatic heterocycles. The summed E-state index contributed by atoms with van der Waals surface area (Å²) in [5.41, 5.74) is 2.60. The molecule has 192 valence electrons. The molecule has 0 spiro atoms. The second-order valence-corrected chi connectivity index (χ2v) is 9.96. The van der Waals surface area contributed by atoms with Crippen molar-refractivity contribution in [2.24, 2.45) is 5.92 Å². The van der Waals surface area contributed by atoms with Crippen LogP contribution in [0.25, 0.3) is 27.4 Å². The van der Waals surface area contributed by atoms with Crippen LogP contribution in [0.1, 0.15) is 12.8 Å². The number of hydrogen-bond donors (Lipinski definition) is 0. The molecule has 1 aliphatic rings. The summed E-state index contributed by atoms with van der Waals surface area (Å²) in [5.74, 6) is 3.35. The highest BCUT2D eigenvalue weighted by atomic mass is 32.1. The van der Waals surface area contributed by atoms with Gasteiger partial charge in [0.05, 0.1) is 39.5 Å². The molecule has 0 saturated carbocycles. The summed E-state index contributed by atoms with van der Waals surface area (Å²) in [6, 6.07) is 14.0. The van der Waals surface area contributed by atoms with Gasteiger partial charge in [-0.05, 0) is 54.5 Å². The number of imidazole rings is 1. The minimum atomic E-state index is 0.407. The molecule has 10 heteroatoms. The first-order chi connectivity index (χ1) is 18.1. The minimum Gasteiger partial charge on any atom is -0.497 e. The number of piperidine rings is 1. The van der Waals surface area contributed by atoms with Crippen molar-refractivity contribution < 1.29 is 23.4 Å². The molecule has 4 heterocycles. The Balaban J connectivity index is 1.21. The van der Waals surface area contributed by atoms with Crippen LogP contribution in [0.15, 0.2) is 53.1 Å². The van der Waals surface area contributed by atoms with Crippen LogP contribution in [-0.4, -0.2) is 55.6 Å². The lowest BCUT2D eigenvalue weighted by Crippen LogP contribution is -2.37. The van der Waals surface area contributed by atoms with Gasteiger partial charge in [0.25, 0.3) is 5.19 Å². The van der Waals surface area contributed by atoms with Crippen molar-refractivity contribution in [3.63, 3.8) is 0 Å². The number of anilines is 1. The number of benzene rings is 2. The molecule has 1 atom stereocenters. The third-order valence-electron chi connectivity index (χ3n) is 6.69. The van der Waals surface area contributed by atoms with Crippen molar-refractivity contribution >= 4 is 33.0 Å². The molecule has 6 rings (SSSR count). The summed E-state index contributed by atoms with van der Waals surface area (Å²) in [5, 5.41) is 5.80. The van der Waals surface area contributed by atoms with E-state index in [4.69, 9.17) is 23.4 Å². The number of furan rings is 1. The van der Waals surface area contributed by atoms with E-state index in [-0.39, 0.29) is 0 Å². The molecule has 9 nitrogen and oxygen atoms in total. The molecule has 1 unspecified atom stereocenters. The zero-order valence-electron chi connectivity index (χ0n) is 21.0. The van der Waals surface area contributed by atoms with Gasteiger partial charge in [-0.2, -0.15) is 0 Å². The van der Waals surface area contributed by atoms with Gasteiger partial charge in [-0.3, -0.25) is 0 Å². The van der Waals surface area contributed by atoms with E-state index >= 15 is 0 Å². The molecule has 0 bridgehead atoms. The van der Waals surface area contributed by atoms with Crippen LogP contribution in [0.5, 0.6) is 22.4 Å². The molecule has 0 radical (unpaired) electrons. The van der Waals surface area contributed by atoms with Crippen molar-refractivity contribution in [1.82, 2.24) is 14.6 Å². The normalized spacial score (nSPS) is 15.9. The van der Waals surface area contributed by atoms with Gasteiger partial charge in [-0.25, -0.2) is 9.50 Å². The summed E-state index contributed by atoms with van der Waals surface area (Å²) in [7, 11) is 4.93. The Bertz CT molecular complexity index is 1490. The van der Waals surface area contributed by atoms with E-state index in [0.29, 0.717) is 40.5 Å². The van der Waals surface area contributed by atoms with Crippen LogP contribution in [0.3, 0.4) is 0 Å². The van der Waals surface area contributed by atoms with Crippen molar-refractivity contribution in [3.8, 4) is 33.9 Å². The van der Waals surface area contributed by atoms with Gasteiger partial charge in [0, 0.05) is 36.8 Å². The average Bonchev–Trinajstić information content (AvgIpc) is 3.65. The highest BCUT2D eigenvalue weighted by Gasteiger charge is 2.22. The van der Waals surface area contributed by atoms with E-state index in [9.17, 15) is 0 Å². The third kappa shape index (κ3) is 4.64. The molecule has 0 amide bonds. The second kappa shape index (κ2) is 9.85. The Hall–Kier alpha value is -3.92. The van der Waals surface area contributed by atoms with Gasteiger partial charge in [0.2, 0.25) is 4.96 Å². The van der Waals surface area contributed by atoms with E-state index < -0.39 is 0 Å². The molecule has 5 aromatic rings. The van der Waals surface area contributed by atoms with Gasteiger partial charge >= 0.3 is 0 Å². The zero-order valence-corrected chi connectivity index (χ0v) is 21.8. The van der Waals surface area contributed by atoms with Crippen LogP contribution in [-0.2, 0) is 0 Å². The summed E-state index contributed by atoms with van der Waals surface area (Å²) in [6.07, 6.45) is 4.08. The number of hydrogen-bond acceptors (Lipinski definition) is 9. The maximum atomic E-state index is 6.41. The highest BCUT2D eigenvalue weighted by Crippen LogP contribution is 2.38. The fourth-order valence-corrected chi connectivity index (χ4v) is 5.46. The highest BCUT2D eigenvalue weighted by molar-refractivity contribution is 7.18. The minimum absolute atomic E-state index is 0.407. The molecule has 37 heavy (non-hydrogen) atoms. The second-order valence-electron chi connectivity index (χ2n) is 9.04. The summed E-state index contributed by atoms with van der Waals surface area (Å²) in [4.78, 5) is 7.80. The van der Waals surface area contributed by atoms with E-state index in [0.717, 1.165) is 47.8 Å². The van der Waals surface area contributed by atoms with Crippen molar-refractivity contribution in [1.29, 1.82) is 0 Å². The molecule has 1 fully saturated rings. The van der Waals surface area contributed by atoms with Gasteiger partial charge in [0.15, 0.2) is 5.76 Å². The van der Waals surface area contributed by atoms with Crippen LogP contribution in [0.4, 0.5) is 5.69 Å². The van der Waals surface area contributed by atoms with Crippen LogP contribution in [0, 0.1) is 5.92 Å². The number of ether oxygens (including phenoxy) is 4. The monoisotopic (exact) mass is 520 g/mol. The largest absolute Gasteiger partial charge is 0.497 e. The van der Waals surface area contributed by atoms with Crippen molar-refractivity contribution in [3.05, 3.63) is 48.7 Å². The fourth-order valence-electron chi connectivity index (χ4n) is 4.77. The topological polar surface area (TPSA) is 83.5 Å². The van der Waals surface area contributed by atoms with Gasteiger partial charge < -0.3 is 28.3 Å². The lowest BCUT2D eigenvalue weighted by Gasteiger charge is -2.34. The van der Waals surface area contributed by atoms with Crippen LogP contribution >= 0.6 is 11.3 Å². The van der Waals surface area contributed by atoms with Crippen molar-refractivity contribution in [2.75, 3.05) is 45.9 Å². The number of methoxy groups -OCH3 is 3. The SMILES string of the molecule is COc1ccc(N2CCCC(COc3cc(OC)cc4oc(-c5cn6nc(OC)sc6n5)cc34)C2)cc1. The number of nitrogens with zero attached hydrogens (tertiary/aromatic N) is 4. The first-order valence-corrected chi connectivity index (χ1v) is 13.0. The fraction of sp³-hybridized carbons (Fsp3) is 0.333. The quantitative estimate of drug-likeness (QED) is 0.264. The third-order valence-corrected chi connectivity index (χ3v) is 7.58. The van der Waals surface area contributed by atoms with E-state index in [1.54, 1.807) is 25.8 Å². The van der Waals surface area contributed by atoms with E-state index in [2.05, 4.69) is 27.1 Å². The smallest absolute Gasteiger partial charge is 0.294 e. The van der Waals surface area contributed by atoms with Crippen LogP contribution < -0.4 is 23.8 Å².